The number of para-hydroxylation sites is 1. The highest BCUT2D eigenvalue weighted by Gasteiger charge is 2.12. The van der Waals surface area contributed by atoms with Gasteiger partial charge in [-0.05, 0) is 42.0 Å². The van der Waals surface area contributed by atoms with E-state index in [0.717, 1.165) is 16.8 Å². The van der Waals surface area contributed by atoms with E-state index in [1.165, 1.54) is 12.1 Å². The lowest BCUT2D eigenvalue weighted by Crippen LogP contribution is -2.21. The van der Waals surface area contributed by atoms with Gasteiger partial charge in [-0.3, -0.25) is 0 Å². The van der Waals surface area contributed by atoms with Crippen LogP contribution >= 0.6 is 0 Å². The number of ether oxygens (including phenoxy) is 2. The number of anilines is 1. The number of benzene rings is 3. The topological polar surface area (TPSA) is 72.3 Å². The monoisotopic (exact) mass is 391 g/mol. The Labute approximate surface area is 166 Å². The molecule has 6 nitrogen and oxygen atoms in total. The fraction of sp³-hybridized carbons (Fsp3) is 0.136. The first-order valence-corrected chi connectivity index (χ1v) is 9.01. The summed E-state index contributed by atoms with van der Waals surface area (Å²) in [6.45, 7) is 0.759. The molecule has 1 N–H and O–H groups in total. The number of halogens is 1. The van der Waals surface area contributed by atoms with Crippen LogP contribution in [0.25, 0.3) is 0 Å². The van der Waals surface area contributed by atoms with Crippen molar-refractivity contribution in [2.45, 2.75) is 13.2 Å². The number of amides is 2. The number of urea groups is 1. The Kier molecular flexibility index (Phi) is 5.20. The molecule has 4 rings (SSSR count). The third kappa shape index (κ3) is 4.24. The van der Waals surface area contributed by atoms with Crippen molar-refractivity contribution in [3.05, 3.63) is 88.3 Å². The quantitative estimate of drug-likeness (QED) is 0.670. The molecule has 1 aliphatic heterocycles. The Morgan fingerprint density at radius 2 is 1.79 bits per heavy atom. The molecular formula is C22H18FN3O3. The van der Waals surface area contributed by atoms with Gasteiger partial charge in [0, 0.05) is 17.8 Å². The van der Waals surface area contributed by atoms with Crippen LogP contribution < -0.4 is 25.5 Å². The van der Waals surface area contributed by atoms with E-state index < -0.39 is 6.03 Å². The second kappa shape index (κ2) is 8.10. The molecule has 0 bridgehead atoms. The maximum atomic E-state index is 13.1. The van der Waals surface area contributed by atoms with E-state index in [-0.39, 0.29) is 12.4 Å². The first-order chi connectivity index (χ1) is 14.1. The summed E-state index contributed by atoms with van der Waals surface area (Å²) in [6, 6.07) is 16.7. The summed E-state index contributed by atoms with van der Waals surface area (Å²) in [7, 11) is 1.58. The lowest BCUT2D eigenvalue weighted by atomic mass is 10.1. The molecule has 7 heteroatoms. The van der Waals surface area contributed by atoms with Crippen LogP contribution in [0.4, 0.5) is 14.9 Å². The molecule has 0 aliphatic carbocycles. The van der Waals surface area contributed by atoms with Gasteiger partial charge in [0.25, 0.3) is 0 Å². The van der Waals surface area contributed by atoms with Crippen molar-refractivity contribution in [1.82, 2.24) is 0 Å². The molecule has 0 radical (unpaired) electrons. The standard InChI is InChI=1S/C22H18FN3O3/c1-28-20-4-2-3-15(21(20)29-13-14-5-7-16(23)8-6-14)12-24-17-9-10-18-19(11-17)26-22(27)25-18/h2-11,24H,12-13H2,1H3. The smallest absolute Gasteiger partial charge is 0.368 e. The summed E-state index contributed by atoms with van der Waals surface area (Å²) < 4.78 is 24.5. The van der Waals surface area contributed by atoms with Gasteiger partial charge in [0.15, 0.2) is 11.5 Å². The number of nitrogens with one attached hydrogen (secondary N) is 1. The maximum Gasteiger partial charge on any atom is 0.368 e. The Hall–Kier alpha value is -3.74. The average molecular weight is 391 g/mol. The minimum absolute atomic E-state index is 0.286. The van der Waals surface area contributed by atoms with E-state index in [4.69, 9.17) is 9.47 Å². The third-order valence-corrected chi connectivity index (χ3v) is 4.47. The number of hydrogen-bond donors (Lipinski definition) is 1. The Balaban J connectivity index is 1.52. The van der Waals surface area contributed by atoms with Gasteiger partial charge >= 0.3 is 6.03 Å². The molecule has 0 aromatic heterocycles. The molecule has 0 atom stereocenters. The van der Waals surface area contributed by atoms with Gasteiger partial charge in [0.05, 0.1) is 17.8 Å². The van der Waals surface area contributed by atoms with Crippen molar-refractivity contribution in [3.8, 4) is 11.5 Å². The number of carbonyl (C=O) groups excluding carboxylic acids is 1. The summed E-state index contributed by atoms with van der Waals surface area (Å²) in [5, 5.41) is 4.43. The highest BCUT2D eigenvalue weighted by atomic mass is 19.1. The summed E-state index contributed by atoms with van der Waals surface area (Å²) in [5.41, 5.74) is 2.55. The van der Waals surface area contributed by atoms with Crippen LogP contribution in [0.3, 0.4) is 0 Å². The summed E-state index contributed by atoms with van der Waals surface area (Å²) >= 11 is 0. The highest BCUT2D eigenvalue weighted by molar-refractivity contribution is 5.77. The van der Waals surface area contributed by atoms with Gasteiger partial charge in [0.2, 0.25) is 0 Å². The molecule has 0 saturated heterocycles. The van der Waals surface area contributed by atoms with Crippen LogP contribution in [0.15, 0.2) is 70.6 Å². The SMILES string of the molecule is COc1cccc(CNc2ccc3c(c2)=NC(=O)N=3)c1OCc1ccc(F)cc1. The summed E-state index contributed by atoms with van der Waals surface area (Å²) in [6.07, 6.45) is 0. The predicted octanol–water partition coefficient (Wildman–Crippen LogP) is 3.40. The number of carbonyl (C=O) groups is 1. The molecule has 0 unspecified atom stereocenters. The molecule has 1 heterocycles. The summed E-state index contributed by atoms with van der Waals surface area (Å²) in [5.74, 6) is 0.939. The van der Waals surface area contributed by atoms with E-state index in [2.05, 4.69) is 15.3 Å². The van der Waals surface area contributed by atoms with Crippen molar-refractivity contribution in [3.63, 3.8) is 0 Å². The van der Waals surface area contributed by atoms with Gasteiger partial charge in [-0.1, -0.05) is 24.3 Å². The predicted molar refractivity (Wildman–Crippen MR) is 105 cm³/mol. The van der Waals surface area contributed by atoms with Crippen LogP contribution in [-0.4, -0.2) is 13.1 Å². The fourth-order valence-corrected chi connectivity index (χ4v) is 3.01. The maximum absolute atomic E-state index is 13.1. The first kappa shape index (κ1) is 18.6. The lowest BCUT2D eigenvalue weighted by molar-refractivity contribution is 0.256. The third-order valence-electron chi connectivity index (χ3n) is 4.47. The van der Waals surface area contributed by atoms with Crippen LogP contribution in [-0.2, 0) is 13.2 Å². The number of rotatable bonds is 7. The average Bonchev–Trinajstić information content (AvgIpc) is 3.11. The Morgan fingerprint density at radius 3 is 2.59 bits per heavy atom. The minimum Gasteiger partial charge on any atom is -0.493 e. The van der Waals surface area contributed by atoms with Crippen molar-refractivity contribution in [2.75, 3.05) is 12.4 Å². The molecular weight excluding hydrogens is 373 g/mol. The van der Waals surface area contributed by atoms with Crippen molar-refractivity contribution in [1.29, 1.82) is 0 Å². The van der Waals surface area contributed by atoms with E-state index in [1.54, 1.807) is 31.4 Å². The van der Waals surface area contributed by atoms with Crippen LogP contribution in [0.2, 0.25) is 0 Å². The Bertz CT molecular complexity index is 1180. The number of hydrogen-bond acceptors (Lipinski definition) is 4. The highest BCUT2D eigenvalue weighted by Crippen LogP contribution is 2.32. The minimum atomic E-state index is -0.485. The molecule has 146 valence electrons. The van der Waals surface area contributed by atoms with E-state index >= 15 is 0 Å². The van der Waals surface area contributed by atoms with Gasteiger partial charge in [-0.25, -0.2) is 9.18 Å². The van der Waals surface area contributed by atoms with Gasteiger partial charge < -0.3 is 14.8 Å². The zero-order chi connectivity index (χ0) is 20.2. The molecule has 3 aromatic rings. The van der Waals surface area contributed by atoms with Crippen LogP contribution in [0.5, 0.6) is 11.5 Å². The molecule has 0 spiro atoms. The molecule has 1 aliphatic rings. The molecule has 29 heavy (non-hydrogen) atoms. The van der Waals surface area contributed by atoms with Crippen LogP contribution in [0, 0.1) is 5.82 Å². The van der Waals surface area contributed by atoms with Gasteiger partial charge in [-0.15, -0.1) is 0 Å². The Morgan fingerprint density at radius 1 is 1.00 bits per heavy atom. The summed E-state index contributed by atoms with van der Waals surface area (Å²) in [4.78, 5) is 19.0. The number of fused-ring (bicyclic) bond motifs is 1. The second-order valence-electron chi connectivity index (χ2n) is 6.43. The van der Waals surface area contributed by atoms with E-state index in [0.29, 0.717) is 28.8 Å². The largest absolute Gasteiger partial charge is 0.493 e. The van der Waals surface area contributed by atoms with Crippen molar-refractivity contribution in [2.24, 2.45) is 9.98 Å². The van der Waals surface area contributed by atoms with Gasteiger partial charge in [0.1, 0.15) is 12.4 Å². The lowest BCUT2D eigenvalue weighted by Gasteiger charge is -2.16. The second-order valence-corrected chi connectivity index (χ2v) is 6.43. The molecule has 2 amide bonds. The number of methoxy groups -OCH3 is 1. The van der Waals surface area contributed by atoms with Gasteiger partial charge in [-0.2, -0.15) is 9.98 Å². The molecule has 0 saturated carbocycles. The van der Waals surface area contributed by atoms with E-state index in [9.17, 15) is 9.18 Å². The van der Waals surface area contributed by atoms with Crippen molar-refractivity contribution >= 4 is 11.7 Å². The first-order valence-electron chi connectivity index (χ1n) is 9.01. The van der Waals surface area contributed by atoms with Crippen molar-refractivity contribution < 1.29 is 18.7 Å². The zero-order valence-electron chi connectivity index (χ0n) is 15.7. The van der Waals surface area contributed by atoms with Crippen LogP contribution in [0.1, 0.15) is 11.1 Å². The zero-order valence-corrected chi connectivity index (χ0v) is 15.7. The fourth-order valence-electron chi connectivity index (χ4n) is 3.01. The van der Waals surface area contributed by atoms with E-state index in [1.807, 2.05) is 24.3 Å². The normalized spacial score (nSPS) is 12.0. The number of nitrogens with zero attached hydrogens (tertiary/aromatic N) is 2. The molecule has 0 fully saturated rings. The molecule has 3 aromatic carbocycles.